The van der Waals surface area contributed by atoms with Crippen LogP contribution in [0, 0.1) is 5.92 Å². The molecular weight excluding hydrogens is 562 g/mol. The summed E-state index contributed by atoms with van der Waals surface area (Å²) < 4.78 is 23.1. The van der Waals surface area contributed by atoms with Crippen molar-refractivity contribution in [3.8, 4) is 11.5 Å². The van der Waals surface area contributed by atoms with Gasteiger partial charge in [-0.25, -0.2) is 4.79 Å². The van der Waals surface area contributed by atoms with Gasteiger partial charge in [0.25, 0.3) is 0 Å². The van der Waals surface area contributed by atoms with E-state index in [4.69, 9.17) is 18.9 Å². The second-order valence-electron chi connectivity index (χ2n) is 12.9. The van der Waals surface area contributed by atoms with Crippen LogP contribution >= 0.6 is 0 Å². The normalized spacial score (nSPS) is 16.8. The third-order valence-corrected chi connectivity index (χ3v) is 9.39. The predicted octanol–water partition coefficient (Wildman–Crippen LogP) is 9.32. The smallest absolute Gasteiger partial charge is 0.333 e. The van der Waals surface area contributed by atoms with Crippen molar-refractivity contribution < 1.29 is 23.7 Å². The maximum atomic E-state index is 13.0. The van der Waals surface area contributed by atoms with E-state index < -0.39 is 6.10 Å². The molecule has 6 heteroatoms. The summed E-state index contributed by atoms with van der Waals surface area (Å²) in [4.78, 5) is 15.6. The Morgan fingerprint density at radius 1 is 0.822 bits per heavy atom. The van der Waals surface area contributed by atoms with Crippen molar-refractivity contribution in [3.05, 3.63) is 64.7 Å². The number of fused-ring (bicyclic) bond motifs is 1. The predicted molar refractivity (Wildman–Crippen MR) is 183 cm³/mol. The molecule has 2 aromatic carbocycles. The number of benzene rings is 2. The first-order valence-corrected chi connectivity index (χ1v) is 17.6. The standard InChI is InChI=1S/C39H57NO5/c1-4-5-6-7-8-9-10-11-12-13-17-24-44-30-38(41)45-39-34(26-33-27-36(42-2)37(43-3)28-35(33)39)25-31-20-22-40(23-21-31)29-32-18-15-14-16-19-32/h14-16,18-19,26-28,31,39H,4-13,17,20-25,29-30H2,1-3H3. The lowest BCUT2D eigenvalue weighted by atomic mass is 9.88. The summed E-state index contributed by atoms with van der Waals surface area (Å²) in [7, 11) is 3.29. The monoisotopic (exact) mass is 619 g/mol. The second-order valence-corrected chi connectivity index (χ2v) is 12.9. The van der Waals surface area contributed by atoms with Crippen LogP contribution in [0.5, 0.6) is 11.5 Å². The Hall–Kier alpha value is -2.83. The second kappa shape index (κ2) is 19.6. The minimum atomic E-state index is -0.416. The highest BCUT2D eigenvalue weighted by Crippen LogP contribution is 2.45. The molecule has 4 rings (SSSR count). The summed E-state index contributed by atoms with van der Waals surface area (Å²) in [5.74, 6) is 1.58. The first-order valence-electron chi connectivity index (χ1n) is 17.6. The molecule has 1 unspecified atom stereocenters. The van der Waals surface area contributed by atoms with Crippen LogP contribution in [0.3, 0.4) is 0 Å². The zero-order chi connectivity index (χ0) is 31.7. The number of piperidine rings is 1. The van der Waals surface area contributed by atoms with Crippen LogP contribution in [0.2, 0.25) is 0 Å². The molecule has 6 nitrogen and oxygen atoms in total. The first-order chi connectivity index (χ1) is 22.1. The van der Waals surface area contributed by atoms with Crippen molar-refractivity contribution in [3.63, 3.8) is 0 Å². The van der Waals surface area contributed by atoms with Crippen molar-refractivity contribution in [2.45, 2.75) is 109 Å². The summed E-state index contributed by atoms with van der Waals surface area (Å²) >= 11 is 0. The zero-order valence-corrected chi connectivity index (χ0v) is 28.2. The van der Waals surface area contributed by atoms with Crippen LogP contribution in [0.1, 0.15) is 120 Å². The lowest BCUT2D eigenvalue weighted by Gasteiger charge is -2.33. The van der Waals surface area contributed by atoms with E-state index in [0.717, 1.165) is 68.4 Å². The van der Waals surface area contributed by atoms with Gasteiger partial charge in [0.05, 0.1) is 14.2 Å². The van der Waals surface area contributed by atoms with Crippen molar-refractivity contribution in [2.75, 3.05) is 40.5 Å². The molecule has 0 aromatic heterocycles. The molecule has 1 atom stereocenters. The van der Waals surface area contributed by atoms with Gasteiger partial charge in [0.2, 0.25) is 0 Å². The number of nitrogens with zero attached hydrogens (tertiary/aromatic N) is 1. The molecule has 1 heterocycles. The molecule has 1 saturated heterocycles. The lowest BCUT2D eigenvalue weighted by Crippen LogP contribution is -2.33. The Labute approximate surface area is 272 Å². The lowest BCUT2D eigenvalue weighted by molar-refractivity contribution is -0.153. The molecule has 0 amide bonds. The van der Waals surface area contributed by atoms with E-state index in [2.05, 4.69) is 48.2 Å². The van der Waals surface area contributed by atoms with Crippen LogP contribution < -0.4 is 9.47 Å². The Kier molecular flexibility index (Phi) is 15.3. The highest BCUT2D eigenvalue weighted by Gasteiger charge is 2.33. The number of hydrogen-bond donors (Lipinski definition) is 0. The average Bonchev–Trinajstić information content (AvgIpc) is 3.38. The van der Waals surface area contributed by atoms with Crippen molar-refractivity contribution in [2.24, 2.45) is 5.92 Å². The van der Waals surface area contributed by atoms with Crippen molar-refractivity contribution in [1.29, 1.82) is 0 Å². The Morgan fingerprint density at radius 2 is 1.44 bits per heavy atom. The molecule has 0 spiro atoms. The third-order valence-electron chi connectivity index (χ3n) is 9.39. The summed E-state index contributed by atoms with van der Waals surface area (Å²) in [5.41, 5.74) is 4.51. The fourth-order valence-electron chi connectivity index (χ4n) is 6.76. The molecule has 0 bridgehead atoms. The van der Waals surface area contributed by atoms with Gasteiger partial charge in [-0.3, -0.25) is 4.90 Å². The topological polar surface area (TPSA) is 57.2 Å². The average molecular weight is 620 g/mol. The van der Waals surface area contributed by atoms with Crippen LogP contribution in [0.25, 0.3) is 6.08 Å². The highest BCUT2D eigenvalue weighted by atomic mass is 16.6. The molecule has 0 radical (unpaired) electrons. The largest absolute Gasteiger partial charge is 0.493 e. The van der Waals surface area contributed by atoms with Crippen LogP contribution in [0.15, 0.2) is 48.0 Å². The van der Waals surface area contributed by atoms with Gasteiger partial charge in [-0.2, -0.15) is 0 Å². The zero-order valence-electron chi connectivity index (χ0n) is 28.2. The number of unbranched alkanes of at least 4 members (excludes halogenated alkanes) is 10. The van der Waals surface area contributed by atoms with Crippen molar-refractivity contribution in [1.82, 2.24) is 4.90 Å². The van der Waals surface area contributed by atoms with E-state index in [1.165, 1.54) is 63.4 Å². The summed E-state index contributed by atoms with van der Waals surface area (Å²) in [5, 5.41) is 0. The Bertz CT molecular complexity index is 1170. The first kappa shape index (κ1) is 35.0. The fourth-order valence-corrected chi connectivity index (χ4v) is 6.76. The van der Waals surface area contributed by atoms with Gasteiger partial charge in [0.1, 0.15) is 12.7 Å². The maximum Gasteiger partial charge on any atom is 0.333 e. The van der Waals surface area contributed by atoms with E-state index in [9.17, 15) is 4.79 Å². The quantitative estimate of drug-likeness (QED) is 0.103. The molecule has 2 aromatic rings. The van der Waals surface area contributed by atoms with Crippen LogP contribution in [0.4, 0.5) is 0 Å². The minimum absolute atomic E-state index is 0.0119. The van der Waals surface area contributed by atoms with Gasteiger partial charge in [-0.05, 0) is 73.5 Å². The number of carbonyl (C=O) groups is 1. The molecule has 1 aliphatic heterocycles. The molecule has 45 heavy (non-hydrogen) atoms. The number of ether oxygens (including phenoxy) is 4. The van der Waals surface area contributed by atoms with Gasteiger partial charge in [-0.1, -0.05) is 108 Å². The molecule has 0 saturated carbocycles. The van der Waals surface area contributed by atoms with Gasteiger partial charge in [0.15, 0.2) is 11.5 Å². The van der Waals surface area contributed by atoms with Crippen LogP contribution in [-0.2, 0) is 20.8 Å². The summed E-state index contributed by atoms with van der Waals surface area (Å²) in [6, 6.07) is 14.7. The number of carbonyl (C=O) groups excluding carboxylic acids is 1. The Balaban J connectivity index is 1.22. The fraction of sp³-hybridized carbons (Fsp3) is 0.615. The van der Waals surface area contributed by atoms with Gasteiger partial charge in [0, 0.05) is 18.7 Å². The molecule has 0 N–H and O–H groups in total. The van der Waals surface area contributed by atoms with E-state index in [1.54, 1.807) is 14.2 Å². The molecular formula is C39H57NO5. The number of likely N-dealkylation sites (tertiary alicyclic amines) is 1. The van der Waals surface area contributed by atoms with E-state index >= 15 is 0 Å². The van der Waals surface area contributed by atoms with Crippen LogP contribution in [-0.4, -0.2) is 51.4 Å². The molecule has 248 valence electrons. The highest BCUT2D eigenvalue weighted by molar-refractivity contribution is 5.75. The number of hydrogen-bond acceptors (Lipinski definition) is 6. The SMILES string of the molecule is CCCCCCCCCCCCCOCC(=O)OC1C(CC2CCN(Cc3ccccc3)CC2)=Cc2cc(OC)c(OC)cc21. The van der Waals surface area contributed by atoms with Gasteiger partial charge in [-0.15, -0.1) is 0 Å². The summed E-state index contributed by atoms with van der Waals surface area (Å²) in [6.07, 6.45) is 19.2. The van der Waals surface area contributed by atoms with Gasteiger partial charge < -0.3 is 18.9 Å². The maximum absolute atomic E-state index is 13.0. The number of rotatable bonds is 21. The minimum Gasteiger partial charge on any atom is -0.493 e. The van der Waals surface area contributed by atoms with E-state index in [-0.39, 0.29) is 12.6 Å². The van der Waals surface area contributed by atoms with Gasteiger partial charge >= 0.3 is 5.97 Å². The third kappa shape index (κ3) is 11.5. The Morgan fingerprint density at radius 3 is 2.09 bits per heavy atom. The summed E-state index contributed by atoms with van der Waals surface area (Å²) in [6.45, 7) is 6.02. The number of esters is 1. The molecule has 1 fully saturated rings. The van der Waals surface area contributed by atoms with E-state index in [1.807, 2.05) is 12.1 Å². The molecule has 1 aliphatic carbocycles. The number of methoxy groups -OCH3 is 2. The van der Waals surface area contributed by atoms with Crippen molar-refractivity contribution >= 4 is 12.0 Å². The molecule has 2 aliphatic rings. The van der Waals surface area contributed by atoms with E-state index in [0.29, 0.717) is 24.0 Å².